The van der Waals surface area contributed by atoms with Crippen LogP contribution in [0.2, 0.25) is 5.02 Å². The second-order valence-electron chi connectivity index (χ2n) is 4.31. The number of aromatic amines is 1. The van der Waals surface area contributed by atoms with E-state index >= 15 is 0 Å². The molecule has 2 rings (SSSR count). The van der Waals surface area contributed by atoms with Crippen LogP contribution in [-0.2, 0) is 14.8 Å². The number of rotatable bonds is 8. The van der Waals surface area contributed by atoms with Crippen LogP contribution in [0.5, 0.6) is 0 Å². The average Bonchev–Trinajstić information content (AvgIpc) is 2.89. The minimum atomic E-state index is -3.64. The van der Waals surface area contributed by atoms with Gasteiger partial charge in [0.1, 0.15) is 10.5 Å². The summed E-state index contributed by atoms with van der Waals surface area (Å²) in [6.07, 6.45) is 2.91. The van der Waals surface area contributed by atoms with E-state index in [1.165, 1.54) is 12.4 Å². The van der Waals surface area contributed by atoms with Crippen molar-refractivity contribution in [2.75, 3.05) is 33.4 Å². The van der Waals surface area contributed by atoms with Crippen LogP contribution in [0.15, 0.2) is 23.4 Å². The number of fused-ring (bicyclic) bond motifs is 1. The molecular weight excluding hydrogens is 351 g/mol. The molecule has 0 saturated carbocycles. The van der Waals surface area contributed by atoms with E-state index < -0.39 is 10.0 Å². The van der Waals surface area contributed by atoms with Crippen LogP contribution in [0.4, 0.5) is 0 Å². The number of methoxy groups -OCH3 is 1. The zero-order chi connectivity index (χ0) is 15.3. The van der Waals surface area contributed by atoms with Gasteiger partial charge in [0.15, 0.2) is 0 Å². The van der Waals surface area contributed by atoms with Crippen LogP contribution in [0.1, 0.15) is 0 Å². The molecule has 0 spiro atoms. The van der Waals surface area contributed by atoms with Crippen molar-refractivity contribution in [3.63, 3.8) is 0 Å². The molecule has 0 aliphatic heterocycles. The van der Waals surface area contributed by atoms with Gasteiger partial charge in [-0.05, 0) is 6.07 Å². The molecule has 2 aromatic rings. The minimum absolute atomic E-state index is 0. The predicted molar refractivity (Wildman–Crippen MR) is 88.3 cm³/mol. The summed E-state index contributed by atoms with van der Waals surface area (Å²) in [6.45, 7) is 2.03. The Bertz CT molecular complexity index is 705. The summed E-state index contributed by atoms with van der Waals surface area (Å²) in [4.78, 5) is 6.96. The number of nitrogens with one attached hydrogen (secondary N) is 3. The lowest BCUT2D eigenvalue weighted by Gasteiger charge is -2.07. The van der Waals surface area contributed by atoms with Gasteiger partial charge in [0.2, 0.25) is 10.0 Å². The minimum Gasteiger partial charge on any atom is -0.383 e. The molecule has 7 nitrogen and oxygen atoms in total. The molecule has 2 heterocycles. The van der Waals surface area contributed by atoms with Crippen LogP contribution < -0.4 is 10.0 Å². The first-order valence-corrected chi connectivity index (χ1v) is 8.23. The fourth-order valence-electron chi connectivity index (χ4n) is 1.85. The molecule has 0 radical (unpaired) electrons. The molecule has 3 N–H and O–H groups in total. The lowest BCUT2D eigenvalue weighted by atomic mass is 10.3. The monoisotopic (exact) mass is 368 g/mol. The Morgan fingerprint density at radius 3 is 2.86 bits per heavy atom. The van der Waals surface area contributed by atoms with Gasteiger partial charge in [-0.25, -0.2) is 18.1 Å². The Labute approximate surface area is 140 Å². The zero-order valence-electron chi connectivity index (χ0n) is 11.9. The van der Waals surface area contributed by atoms with Gasteiger partial charge in [-0.2, -0.15) is 0 Å². The molecule has 0 aliphatic rings. The van der Waals surface area contributed by atoms with Gasteiger partial charge in [-0.3, -0.25) is 0 Å². The smallest absolute Gasteiger partial charge is 0.242 e. The van der Waals surface area contributed by atoms with E-state index in [2.05, 4.69) is 20.0 Å². The highest BCUT2D eigenvalue weighted by Gasteiger charge is 2.20. The van der Waals surface area contributed by atoms with Gasteiger partial charge in [-0.1, -0.05) is 11.6 Å². The Morgan fingerprint density at radius 2 is 2.14 bits per heavy atom. The molecule has 10 heteroatoms. The van der Waals surface area contributed by atoms with Gasteiger partial charge < -0.3 is 15.0 Å². The number of nitrogens with zero attached hydrogens (tertiary/aromatic N) is 1. The number of pyridine rings is 1. The van der Waals surface area contributed by atoms with Crippen molar-refractivity contribution in [2.45, 2.75) is 4.90 Å². The van der Waals surface area contributed by atoms with Gasteiger partial charge in [0, 0.05) is 39.1 Å². The van der Waals surface area contributed by atoms with E-state index in [1.807, 2.05) is 0 Å². The summed E-state index contributed by atoms with van der Waals surface area (Å²) in [5, 5.41) is 3.80. The third-order valence-corrected chi connectivity index (χ3v) is 4.65. The zero-order valence-corrected chi connectivity index (χ0v) is 14.3. The maximum atomic E-state index is 12.3. The third-order valence-electron chi connectivity index (χ3n) is 2.85. The first-order chi connectivity index (χ1) is 10.1. The predicted octanol–water partition coefficient (Wildman–Crippen LogP) is 1.15. The van der Waals surface area contributed by atoms with E-state index in [-0.39, 0.29) is 23.8 Å². The summed E-state index contributed by atoms with van der Waals surface area (Å²) in [5.41, 5.74) is 0.445. The summed E-state index contributed by atoms with van der Waals surface area (Å²) in [7, 11) is -2.03. The van der Waals surface area contributed by atoms with Crippen LogP contribution in [0.25, 0.3) is 11.0 Å². The van der Waals surface area contributed by atoms with Crippen molar-refractivity contribution < 1.29 is 13.2 Å². The number of H-pyrrole nitrogens is 1. The summed E-state index contributed by atoms with van der Waals surface area (Å²) < 4.78 is 32.0. The number of ether oxygens (including phenoxy) is 1. The summed E-state index contributed by atoms with van der Waals surface area (Å²) in [5.74, 6) is 0. The summed E-state index contributed by atoms with van der Waals surface area (Å²) >= 11 is 6.05. The molecule has 0 saturated heterocycles. The van der Waals surface area contributed by atoms with Crippen LogP contribution >= 0.6 is 24.0 Å². The van der Waals surface area contributed by atoms with Gasteiger partial charge in [0.25, 0.3) is 0 Å². The topological polar surface area (TPSA) is 96.1 Å². The number of aromatic nitrogens is 2. The molecular formula is C12H18Cl2N4O3S. The third kappa shape index (κ3) is 4.55. The van der Waals surface area contributed by atoms with E-state index in [9.17, 15) is 8.42 Å². The molecule has 2 aromatic heterocycles. The Hall–Kier alpha value is -0.900. The Morgan fingerprint density at radius 1 is 1.36 bits per heavy atom. The van der Waals surface area contributed by atoms with Gasteiger partial charge >= 0.3 is 0 Å². The SMILES string of the molecule is COCCNCCNS(=O)(=O)c1c[nH]c2nccc(Cl)c12.Cl. The first-order valence-electron chi connectivity index (χ1n) is 6.37. The maximum Gasteiger partial charge on any atom is 0.242 e. The fourth-order valence-corrected chi connectivity index (χ4v) is 3.37. The number of hydrogen-bond donors (Lipinski definition) is 3. The fraction of sp³-hybridized carbons (Fsp3) is 0.417. The second kappa shape index (κ2) is 8.66. The molecule has 0 aromatic carbocycles. The van der Waals surface area contributed by atoms with E-state index in [0.717, 1.165) is 0 Å². The lowest BCUT2D eigenvalue weighted by Crippen LogP contribution is -2.33. The highest BCUT2D eigenvalue weighted by atomic mass is 35.5. The molecule has 0 amide bonds. The molecule has 124 valence electrons. The largest absolute Gasteiger partial charge is 0.383 e. The van der Waals surface area contributed by atoms with Crippen LogP contribution in [-0.4, -0.2) is 51.7 Å². The lowest BCUT2D eigenvalue weighted by molar-refractivity contribution is 0.199. The number of hydrogen-bond acceptors (Lipinski definition) is 5. The molecule has 0 bridgehead atoms. The van der Waals surface area contributed by atoms with Crippen molar-refractivity contribution in [3.05, 3.63) is 23.5 Å². The van der Waals surface area contributed by atoms with Gasteiger partial charge in [-0.15, -0.1) is 12.4 Å². The quantitative estimate of drug-likeness (QED) is 0.607. The van der Waals surface area contributed by atoms with Gasteiger partial charge in [0.05, 0.1) is 17.0 Å². The van der Waals surface area contributed by atoms with E-state index in [0.29, 0.717) is 35.8 Å². The summed E-state index contributed by atoms with van der Waals surface area (Å²) in [6, 6.07) is 1.56. The molecule has 0 unspecified atom stereocenters. The van der Waals surface area contributed by atoms with Crippen LogP contribution in [0, 0.1) is 0 Å². The van der Waals surface area contributed by atoms with Crippen LogP contribution in [0.3, 0.4) is 0 Å². The highest BCUT2D eigenvalue weighted by molar-refractivity contribution is 7.89. The Balaban J connectivity index is 0.00000242. The molecule has 0 aliphatic carbocycles. The molecule has 0 atom stereocenters. The second-order valence-corrected chi connectivity index (χ2v) is 6.45. The Kier molecular flexibility index (Phi) is 7.54. The van der Waals surface area contributed by atoms with Crippen molar-refractivity contribution >= 4 is 45.1 Å². The first kappa shape index (κ1) is 19.1. The number of sulfonamides is 1. The maximum absolute atomic E-state index is 12.3. The molecule has 0 fully saturated rings. The van der Waals surface area contributed by atoms with Crippen molar-refractivity contribution in [3.8, 4) is 0 Å². The number of halogens is 2. The van der Waals surface area contributed by atoms with Crippen molar-refractivity contribution in [2.24, 2.45) is 0 Å². The van der Waals surface area contributed by atoms with E-state index in [1.54, 1.807) is 13.2 Å². The highest BCUT2D eigenvalue weighted by Crippen LogP contribution is 2.27. The molecule has 22 heavy (non-hydrogen) atoms. The average molecular weight is 369 g/mol. The van der Waals surface area contributed by atoms with E-state index in [4.69, 9.17) is 16.3 Å². The van der Waals surface area contributed by atoms with Crippen molar-refractivity contribution in [1.29, 1.82) is 0 Å². The normalized spacial score (nSPS) is 11.5. The van der Waals surface area contributed by atoms with Crippen molar-refractivity contribution in [1.82, 2.24) is 20.0 Å². The standard InChI is InChI=1S/C12H17ClN4O3S.ClH/c1-20-7-6-14-4-5-17-21(18,19)10-8-16-12-11(10)9(13)2-3-15-12;/h2-3,8,14,17H,4-7H2,1H3,(H,15,16);1H.